The van der Waals surface area contributed by atoms with Crippen LogP contribution in [-0.2, 0) is 52.6 Å². The highest BCUT2D eigenvalue weighted by Gasteiger charge is 2.51. The summed E-state index contributed by atoms with van der Waals surface area (Å²) in [4.78, 5) is 89.3. The number of hydrogen-bond acceptors (Lipinski definition) is 11. The van der Waals surface area contributed by atoms with Crippen LogP contribution >= 0.6 is 0 Å². The number of allylic oxidation sites excluding steroid dienone is 2. The van der Waals surface area contributed by atoms with Crippen LogP contribution in [0.15, 0.2) is 22.8 Å². The van der Waals surface area contributed by atoms with Gasteiger partial charge in [-0.05, 0) is 125 Å². The Hall–Kier alpha value is -3.76. The Morgan fingerprint density at radius 3 is 1.40 bits per heavy atom. The molecule has 4 aliphatic rings. The van der Waals surface area contributed by atoms with Gasteiger partial charge in [0.15, 0.2) is 0 Å². The Labute approximate surface area is 310 Å². The van der Waals surface area contributed by atoms with Crippen molar-refractivity contribution < 1.29 is 52.6 Å². The third-order valence-electron chi connectivity index (χ3n) is 9.81. The summed E-state index contributed by atoms with van der Waals surface area (Å²) in [6, 6.07) is 0. The van der Waals surface area contributed by atoms with Crippen molar-refractivity contribution in [2.45, 2.75) is 152 Å². The summed E-state index contributed by atoms with van der Waals surface area (Å²) in [7, 11) is 0. The van der Waals surface area contributed by atoms with Gasteiger partial charge in [-0.25, -0.2) is 9.59 Å². The number of carbonyl (C=O) groups excluding carboxylic acids is 8. The van der Waals surface area contributed by atoms with Crippen LogP contribution in [0, 0.1) is 16.7 Å². The zero-order chi connectivity index (χ0) is 39.5. The quantitative estimate of drug-likeness (QED) is 0.0719. The van der Waals surface area contributed by atoms with Crippen molar-refractivity contribution in [3.8, 4) is 0 Å². The second kappa shape index (κ2) is 23.0. The van der Waals surface area contributed by atoms with Gasteiger partial charge in [0.2, 0.25) is 0 Å². The van der Waals surface area contributed by atoms with Crippen molar-refractivity contribution >= 4 is 46.8 Å². The molecule has 0 aliphatic heterocycles. The molecule has 0 aromatic carbocycles. The standard InChI is InChI=1S/C15H22O3.C13H20O4.C8H12O2.C5H8O2/c1-3-18-14(17)13(12-6-4-7-12)15(8-5-9-15)10-11(2)16;1-4-17-12(16)11(10(3)15)13(6-5-7-13)8-9(2)14;1-2-10-8(9)6-7-4-3-5-7;1-4(6)3-5(2)7/h3-10H2,1-2H3;11H,4-8H2,1-3H3;6H,2-5H2,1H3;3H2,1-2H3. The molecule has 0 bridgehead atoms. The first-order chi connectivity index (χ1) is 24.5. The van der Waals surface area contributed by atoms with E-state index in [1.165, 1.54) is 45.3 Å². The fourth-order valence-electron chi connectivity index (χ4n) is 7.13. The van der Waals surface area contributed by atoms with Crippen molar-refractivity contribution in [2.24, 2.45) is 16.7 Å². The van der Waals surface area contributed by atoms with Crippen molar-refractivity contribution in [2.75, 3.05) is 19.8 Å². The lowest BCUT2D eigenvalue weighted by Gasteiger charge is -2.45. The summed E-state index contributed by atoms with van der Waals surface area (Å²) in [5.41, 5.74) is 2.68. The largest absolute Gasteiger partial charge is 0.465 e. The molecule has 1 atom stereocenters. The van der Waals surface area contributed by atoms with Crippen molar-refractivity contribution in [1.82, 2.24) is 0 Å². The Morgan fingerprint density at radius 2 is 1.12 bits per heavy atom. The predicted octanol–water partition coefficient (Wildman–Crippen LogP) is 7.30. The summed E-state index contributed by atoms with van der Waals surface area (Å²) < 4.78 is 14.9. The molecule has 0 radical (unpaired) electrons. The average molecular weight is 731 g/mol. The molecule has 4 rings (SSSR count). The lowest BCUT2D eigenvalue weighted by molar-refractivity contribution is -0.161. The molecular weight excluding hydrogens is 668 g/mol. The fraction of sp³-hybridized carbons (Fsp3) is 0.707. The number of ether oxygens (including phenoxy) is 3. The summed E-state index contributed by atoms with van der Waals surface area (Å²) >= 11 is 0. The van der Waals surface area contributed by atoms with E-state index in [1.807, 2.05) is 13.8 Å². The molecule has 4 saturated carbocycles. The van der Waals surface area contributed by atoms with E-state index >= 15 is 0 Å². The minimum Gasteiger partial charge on any atom is -0.465 e. The summed E-state index contributed by atoms with van der Waals surface area (Å²) in [5, 5.41) is 0. The molecule has 0 aromatic rings. The minimum atomic E-state index is -0.764. The van der Waals surface area contributed by atoms with E-state index in [2.05, 4.69) is 0 Å². The van der Waals surface area contributed by atoms with Crippen LogP contribution in [0.4, 0.5) is 0 Å². The first-order valence-corrected chi connectivity index (χ1v) is 18.9. The second-order valence-electron chi connectivity index (χ2n) is 14.4. The number of hydrogen-bond donors (Lipinski definition) is 0. The van der Waals surface area contributed by atoms with Crippen molar-refractivity contribution in [3.63, 3.8) is 0 Å². The second-order valence-corrected chi connectivity index (χ2v) is 14.4. The molecule has 0 spiro atoms. The molecule has 292 valence electrons. The fourth-order valence-corrected chi connectivity index (χ4v) is 7.13. The molecule has 1 unspecified atom stereocenters. The van der Waals surface area contributed by atoms with Crippen molar-refractivity contribution in [1.29, 1.82) is 0 Å². The van der Waals surface area contributed by atoms with Gasteiger partial charge in [0.05, 0.1) is 26.2 Å². The number of carbonyl (C=O) groups is 8. The lowest BCUT2D eigenvalue weighted by Crippen LogP contribution is -2.46. The Bertz CT molecular complexity index is 1330. The van der Waals surface area contributed by atoms with Gasteiger partial charge in [0.25, 0.3) is 0 Å². The molecule has 11 heteroatoms. The molecule has 0 N–H and O–H groups in total. The van der Waals surface area contributed by atoms with Crippen LogP contribution < -0.4 is 0 Å². The smallest absolute Gasteiger partial charge is 0.334 e. The maximum Gasteiger partial charge on any atom is 0.334 e. The van der Waals surface area contributed by atoms with Gasteiger partial charge < -0.3 is 19.0 Å². The Balaban J connectivity index is 0.000000368. The number of esters is 3. The van der Waals surface area contributed by atoms with Crippen LogP contribution in [0.1, 0.15) is 152 Å². The van der Waals surface area contributed by atoms with E-state index in [4.69, 9.17) is 14.2 Å². The van der Waals surface area contributed by atoms with E-state index in [9.17, 15) is 38.4 Å². The van der Waals surface area contributed by atoms with Crippen LogP contribution in [0.5, 0.6) is 0 Å². The van der Waals surface area contributed by atoms with E-state index in [0.717, 1.165) is 76.2 Å². The predicted molar refractivity (Wildman–Crippen MR) is 196 cm³/mol. The molecule has 4 aliphatic carbocycles. The molecule has 52 heavy (non-hydrogen) atoms. The zero-order valence-electron chi connectivity index (χ0n) is 32.9. The first kappa shape index (κ1) is 46.3. The normalized spacial score (nSPS) is 17.5. The highest BCUT2D eigenvalue weighted by Crippen LogP contribution is 2.53. The monoisotopic (exact) mass is 730 g/mol. The van der Waals surface area contributed by atoms with E-state index < -0.39 is 17.3 Å². The minimum absolute atomic E-state index is 0.0280. The van der Waals surface area contributed by atoms with E-state index in [-0.39, 0.29) is 59.3 Å². The molecule has 0 heterocycles. The summed E-state index contributed by atoms with van der Waals surface area (Å²) in [5.74, 6) is -1.70. The Morgan fingerprint density at radius 1 is 0.615 bits per heavy atom. The topological polar surface area (TPSA) is 164 Å². The van der Waals surface area contributed by atoms with Crippen LogP contribution in [-0.4, -0.2) is 66.6 Å². The molecule has 0 amide bonds. The molecule has 4 fully saturated rings. The summed E-state index contributed by atoms with van der Waals surface area (Å²) in [6.07, 6.45) is 14.6. The van der Waals surface area contributed by atoms with Gasteiger partial charge >= 0.3 is 17.9 Å². The number of Topliss-reactive ketones (excluding diaryl/α,β-unsaturated/α-hetero) is 5. The van der Waals surface area contributed by atoms with Gasteiger partial charge in [-0.15, -0.1) is 0 Å². The SMILES string of the molecule is CC(=O)CC(C)=O.CCOC(=O)C(=C1CCC1)C1(CC(C)=O)CCC1.CCOC(=O)C(C(C)=O)C1(CC(C)=O)CCC1.CCOC(=O)C=C1CCC1. The average Bonchev–Trinajstić information content (AvgIpc) is 2.94. The lowest BCUT2D eigenvalue weighted by atomic mass is 9.57. The highest BCUT2D eigenvalue weighted by atomic mass is 16.5. The first-order valence-electron chi connectivity index (χ1n) is 18.9. The van der Waals surface area contributed by atoms with Crippen LogP contribution in [0.2, 0.25) is 0 Å². The van der Waals surface area contributed by atoms with Gasteiger partial charge in [0, 0.05) is 29.9 Å². The van der Waals surface area contributed by atoms with Crippen molar-refractivity contribution in [3.05, 3.63) is 22.8 Å². The van der Waals surface area contributed by atoms with E-state index in [0.29, 0.717) is 26.1 Å². The number of rotatable bonds is 15. The van der Waals surface area contributed by atoms with Crippen LogP contribution in [0.3, 0.4) is 0 Å². The van der Waals surface area contributed by atoms with Gasteiger partial charge in [-0.3, -0.25) is 24.0 Å². The molecule has 0 saturated heterocycles. The molecule has 0 aromatic heterocycles. The maximum atomic E-state index is 12.2. The molecular formula is C41H62O11. The van der Waals surface area contributed by atoms with E-state index in [1.54, 1.807) is 19.9 Å². The highest BCUT2D eigenvalue weighted by molar-refractivity contribution is 5.99. The third kappa shape index (κ3) is 15.1. The van der Waals surface area contributed by atoms with Gasteiger partial charge in [-0.2, -0.15) is 0 Å². The number of ketones is 5. The third-order valence-corrected chi connectivity index (χ3v) is 9.81. The van der Waals surface area contributed by atoms with Crippen LogP contribution in [0.25, 0.3) is 0 Å². The van der Waals surface area contributed by atoms with Gasteiger partial charge in [0.1, 0.15) is 34.8 Å². The molecule has 11 nitrogen and oxygen atoms in total. The van der Waals surface area contributed by atoms with Gasteiger partial charge in [-0.1, -0.05) is 24.0 Å². The maximum absolute atomic E-state index is 12.2. The Kier molecular flexibility index (Phi) is 20.5. The summed E-state index contributed by atoms with van der Waals surface area (Å²) in [6.45, 7) is 13.8. The zero-order valence-corrected chi connectivity index (χ0v) is 32.9.